The molecule has 2 aromatic rings. The van der Waals surface area contributed by atoms with Crippen LogP contribution in [0.25, 0.3) is 11.1 Å². The summed E-state index contributed by atoms with van der Waals surface area (Å²) in [6.07, 6.45) is 7.52. The number of hydrogen-bond acceptors (Lipinski definition) is 1. The fourth-order valence-corrected chi connectivity index (χ4v) is 1.59. The standard InChI is InChI=1S/C14H12N/c1-2-6-12-7-3-4-9-14(12)13-8-5-10-15-11-13/h2-5,7-10H,1,6H2. The number of nitrogens with zero attached hydrogens (tertiary/aromatic N) is 1. The van der Waals surface area contributed by atoms with Crippen LogP contribution in [0.2, 0.25) is 0 Å². The molecule has 0 saturated heterocycles. The van der Waals surface area contributed by atoms with Crippen LogP contribution in [-0.2, 0) is 6.42 Å². The molecule has 0 aliphatic carbocycles. The summed E-state index contributed by atoms with van der Waals surface area (Å²) in [6.45, 7) is 3.76. The maximum absolute atomic E-state index is 4.01. The van der Waals surface area contributed by atoms with Crippen LogP contribution in [0.3, 0.4) is 0 Å². The topological polar surface area (TPSA) is 12.9 Å². The molecule has 0 N–H and O–H groups in total. The van der Waals surface area contributed by atoms with Crippen molar-refractivity contribution < 1.29 is 0 Å². The van der Waals surface area contributed by atoms with Gasteiger partial charge in [0.25, 0.3) is 0 Å². The van der Waals surface area contributed by atoms with E-state index in [0.29, 0.717) is 0 Å². The molecule has 0 unspecified atom stereocenters. The molecule has 0 fully saturated rings. The molecule has 1 aromatic heterocycles. The number of pyridine rings is 1. The summed E-state index contributed by atoms with van der Waals surface area (Å²) in [5.74, 6) is 0. The van der Waals surface area contributed by atoms with E-state index in [1.165, 1.54) is 11.1 Å². The highest BCUT2D eigenvalue weighted by molar-refractivity contribution is 5.66. The highest BCUT2D eigenvalue weighted by Gasteiger charge is 2.02. The Hall–Kier alpha value is -1.89. The predicted molar refractivity (Wildman–Crippen MR) is 62.4 cm³/mol. The van der Waals surface area contributed by atoms with Crippen molar-refractivity contribution in [2.45, 2.75) is 6.42 Å². The molecule has 2 rings (SSSR count). The normalized spacial score (nSPS) is 9.87. The van der Waals surface area contributed by atoms with E-state index in [0.717, 1.165) is 12.0 Å². The molecule has 0 aliphatic rings. The van der Waals surface area contributed by atoms with Crippen LogP contribution in [0.4, 0.5) is 0 Å². The molecule has 1 heteroatoms. The molecule has 0 amide bonds. The summed E-state index contributed by atoms with van der Waals surface area (Å²) in [4.78, 5) is 4.01. The van der Waals surface area contributed by atoms with E-state index >= 15 is 0 Å². The van der Waals surface area contributed by atoms with Crippen molar-refractivity contribution in [3.05, 3.63) is 67.0 Å². The Balaban J connectivity index is 2.48. The number of benzene rings is 1. The average Bonchev–Trinajstić information content (AvgIpc) is 2.31. The van der Waals surface area contributed by atoms with Crippen molar-refractivity contribution in [1.82, 2.24) is 4.98 Å². The first-order chi connectivity index (χ1) is 7.42. The quantitative estimate of drug-likeness (QED) is 0.683. The van der Waals surface area contributed by atoms with Gasteiger partial charge in [-0.15, -0.1) is 6.58 Å². The van der Waals surface area contributed by atoms with Crippen LogP contribution < -0.4 is 0 Å². The lowest BCUT2D eigenvalue weighted by molar-refractivity contribution is 1.26. The van der Waals surface area contributed by atoms with Gasteiger partial charge in [-0.2, -0.15) is 0 Å². The van der Waals surface area contributed by atoms with Crippen LogP contribution in [0, 0.1) is 6.20 Å². The zero-order valence-electron chi connectivity index (χ0n) is 8.48. The van der Waals surface area contributed by atoms with E-state index < -0.39 is 0 Å². The SMILES string of the molecule is C=CCc1ccccc1-c1[c]nccc1. The first-order valence-corrected chi connectivity index (χ1v) is 4.93. The van der Waals surface area contributed by atoms with Crippen LogP contribution in [0.5, 0.6) is 0 Å². The highest BCUT2D eigenvalue weighted by Crippen LogP contribution is 2.22. The van der Waals surface area contributed by atoms with Crippen molar-refractivity contribution >= 4 is 0 Å². The minimum Gasteiger partial charge on any atom is -0.254 e. The zero-order chi connectivity index (χ0) is 10.5. The first kappa shape index (κ1) is 9.66. The second kappa shape index (κ2) is 4.56. The van der Waals surface area contributed by atoms with Crippen LogP contribution in [0.1, 0.15) is 5.56 Å². The van der Waals surface area contributed by atoms with Gasteiger partial charge >= 0.3 is 0 Å². The number of allylic oxidation sites excluding steroid dienone is 1. The summed E-state index contributed by atoms with van der Waals surface area (Å²) in [6, 6.07) is 12.2. The van der Waals surface area contributed by atoms with E-state index in [1.54, 1.807) is 6.20 Å². The zero-order valence-corrected chi connectivity index (χ0v) is 8.48. The lowest BCUT2D eigenvalue weighted by Crippen LogP contribution is -1.88. The fourth-order valence-electron chi connectivity index (χ4n) is 1.59. The molecule has 1 radical (unpaired) electrons. The third-order valence-electron chi connectivity index (χ3n) is 2.28. The number of rotatable bonds is 3. The van der Waals surface area contributed by atoms with Gasteiger partial charge < -0.3 is 0 Å². The van der Waals surface area contributed by atoms with Gasteiger partial charge in [0.05, 0.1) is 6.20 Å². The van der Waals surface area contributed by atoms with E-state index in [4.69, 9.17) is 0 Å². The van der Waals surface area contributed by atoms with Crippen LogP contribution >= 0.6 is 0 Å². The Morgan fingerprint density at radius 3 is 2.80 bits per heavy atom. The molecular weight excluding hydrogens is 182 g/mol. The summed E-state index contributed by atoms with van der Waals surface area (Å²) in [5, 5.41) is 0. The molecule has 0 atom stereocenters. The molecular formula is C14H12N. The number of hydrogen-bond donors (Lipinski definition) is 0. The van der Waals surface area contributed by atoms with Crippen molar-refractivity contribution in [1.29, 1.82) is 0 Å². The molecule has 0 aliphatic heterocycles. The monoisotopic (exact) mass is 194 g/mol. The van der Waals surface area contributed by atoms with E-state index in [9.17, 15) is 0 Å². The number of aromatic nitrogens is 1. The van der Waals surface area contributed by atoms with Gasteiger partial charge in [0, 0.05) is 11.8 Å². The molecule has 15 heavy (non-hydrogen) atoms. The Morgan fingerprint density at radius 1 is 1.20 bits per heavy atom. The van der Waals surface area contributed by atoms with Gasteiger partial charge in [-0.3, -0.25) is 4.98 Å². The highest BCUT2D eigenvalue weighted by atomic mass is 14.6. The van der Waals surface area contributed by atoms with Crippen molar-refractivity contribution in [2.24, 2.45) is 0 Å². The third kappa shape index (κ3) is 2.13. The molecule has 0 spiro atoms. The van der Waals surface area contributed by atoms with E-state index in [2.05, 4.69) is 29.9 Å². The van der Waals surface area contributed by atoms with Crippen molar-refractivity contribution in [3.8, 4) is 11.1 Å². The molecule has 1 aromatic carbocycles. The minimum absolute atomic E-state index is 0.874. The maximum atomic E-state index is 4.01. The Labute approximate surface area is 90.1 Å². The smallest absolute Gasteiger partial charge is 0.0970 e. The minimum atomic E-state index is 0.874. The molecule has 0 saturated carbocycles. The lowest BCUT2D eigenvalue weighted by atomic mass is 9.99. The van der Waals surface area contributed by atoms with Crippen molar-refractivity contribution in [3.63, 3.8) is 0 Å². The average molecular weight is 194 g/mol. The Morgan fingerprint density at radius 2 is 2.07 bits per heavy atom. The Bertz CT molecular complexity index is 446. The summed E-state index contributed by atoms with van der Waals surface area (Å²) in [7, 11) is 0. The molecule has 1 nitrogen and oxygen atoms in total. The van der Waals surface area contributed by atoms with Gasteiger partial charge in [-0.1, -0.05) is 36.4 Å². The van der Waals surface area contributed by atoms with Gasteiger partial charge in [0.15, 0.2) is 0 Å². The lowest BCUT2D eigenvalue weighted by Gasteiger charge is -2.06. The largest absolute Gasteiger partial charge is 0.254 e. The summed E-state index contributed by atoms with van der Waals surface area (Å²) in [5.41, 5.74) is 3.48. The predicted octanol–water partition coefficient (Wildman–Crippen LogP) is 3.28. The molecule has 73 valence electrons. The molecule has 0 bridgehead atoms. The molecule has 1 heterocycles. The van der Waals surface area contributed by atoms with Crippen molar-refractivity contribution in [2.75, 3.05) is 0 Å². The fraction of sp³-hybridized carbons (Fsp3) is 0.0714. The van der Waals surface area contributed by atoms with Gasteiger partial charge in [0.1, 0.15) is 0 Å². The van der Waals surface area contributed by atoms with E-state index in [-0.39, 0.29) is 0 Å². The maximum Gasteiger partial charge on any atom is 0.0970 e. The second-order valence-electron chi connectivity index (χ2n) is 3.31. The van der Waals surface area contributed by atoms with Crippen LogP contribution in [-0.4, -0.2) is 4.98 Å². The summed E-state index contributed by atoms with van der Waals surface area (Å²) >= 11 is 0. The first-order valence-electron chi connectivity index (χ1n) is 4.93. The second-order valence-corrected chi connectivity index (χ2v) is 3.31. The van der Waals surface area contributed by atoms with Gasteiger partial charge in [0.2, 0.25) is 0 Å². The van der Waals surface area contributed by atoms with Gasteiger partial charge in [-0.25, -0.2) is 0 Å². The summed E-state index contributed by atoms with van der Waals surface area (Å²) < 4.78 is 0. The van der Waals surface area contributed by atoms with Gasteiger partial charge in [-0.05, 0) is 23.6 Å². The van der Waals surface area contributed by atoms with Crippen LogP contribution in [0.15, 0.2) is 55.3 Å². The van der Waals surface area contributed by atoms with E-state index in [1.807, 2.05) is 30.3 Å². The Kier molecular flexibility index (Phi) is 2.93. The third-order valence-corrected chi connectivity index (χ3v) is 2.28.